The summed E-state index contributed by atoms with van der Waals surface area (Å²) in [6.45, 7) is 3.79. The molecule has 0 bridgehead atoms. The minimum Gasteiger partial charge on any atom is -0.293 e. The maximum atomic E-state index is 12.1. The number of allylic oxidation sites excluding steroid dienone is 1. The molecule has 2 heteroatoms. The second kappa shape index (κ2) is 6.31. The Morgan fingerprint density at radius 3 is 2.61 bits per heavy atom. The number of ketones is 1. The largest absolute Gasteiger partial charge is 0.293 e. The highest BCUT2D eigenvalue weighted by molar-refractivity contribution is 7.12. The van der Waals surface area contributed by atoms with Gasteiger partial charge in [0.2, 0.25) is 0 Å². The van der Waals surface area contributed by atoms with Gasteiger partial charge in [-0.3, -0.25) is 4.79 Å². The average molecular weight is 256 g/mol. The van der Waals surface area contributed by atoms with Crippen LogP contribution in [-0.4, -0.2) is 5.78 Å². The van der Waals surface area contributed by atoms with Crippen LogP contribution in [0.15, 0.2) is 60.5 Å². The van der Waals surface area contributed by atoms with Crippen LogP contribution in [-0.2, 0) is 0 Å². The van der Waals surface area contributed by atoms with Gasteiger partial charge < -0.3 is 0 Å². The van der Waals surface area contributed by atoms with Gasteiger partial charge in [-0.1, -0.05) is 42.5 Å². The van der Waals surface area contributed by atoms with E-state index in [1.54, 1.807) is 0 Å². The van der Waals surface area contributed by atoms with Crippen molar-refractivity contribution in [3.63, 3.8) is 0 Å². The molecule has 92 valence electrons. The van der Waals surface area contributed by atoms with Crippen LogP contribution in [0.3, 0.4) is 0 Å². The van der Waals surface area contributed by atoms with Crippen LogP contribution in [0.25, 0.3) is 0 Å². The smallest absolute Gasteiger partial charge is 0.173 e. The molecule has 0 N–H and O–H groups in total. The third-order valence-electron chi connectivity index (χ3n) is 2.95. The van der Waals surface area contributed by atoms with E-state index in [4.69, 9.17) is 0 Å². The molecule has 1 nitrogen and oxygen atoms in total. The Balaban J connectivity index is 2.12. The summed E-state index contributed by atoms with van der Waals surface area (Å²) in [7, 11) is 0. The number of carbonyl (C=O) groups excluding carboxylic acids is 1. The normalized spacial score (nSPS) is 12.0. The summed E-state index contributed by atoms with van der Waals surface area (Å²) >= 11 is 1.51. The Hall–Kier alpha value is -1.67. The molecule has 0 spiro atoms. The predicted octanol–water partition coefficient (Wildman–Crippen LogP) is 4.68. The number of carbonyl (C=O) groups is 1. The number of hydrogen-bond donors (Lipinski definition) is 0. The summed E-state index contributed by atoms with van der Waals surface area (Å²) in [6, 6.07) is 14.0. The second-order valence-corrected chi connectivity index (χ2v) is 5.18. The van der Waals surface area contributed by atoms with Crippen LogP contribution < -0.4 is 0 Å². The highest BCUT2D eigenvalue weighted by Gasteiger charge is 2.16. The first-order valence-corrected chi connectivity index (χ1v) is 6.91. The molecule has 0 radical (unpaired) electrons. The van der Waals surface area contributed by atoms with Gasteiger partial charge in [-0.15, -0.1) is 17.9 Å². The van der Waals surface area contributed by atoms with Crippen molar-refractivity contribution in [2.75, 3.05) is 0 Å². The quantitative estimate of drug-likeness (QED) is 0.541. The van der Waals surface area contributed by atoms with Crippen LogP contribution in [0.2, 0.25) is 0 Å². The first kappa shape index (κ1) is 12.8. The van der Waals surface area contributed by atoms with Crippen LogP contribution in [0, 0.1) is 0 Å². The molecule has 0 saturated heterocycles. The van der Waals surface area contributed by atoms with Crippen molar-refractivity contribution < 1.29 is 4.79 Å². The maximum Gasteiger partial charge on any atom is 0.173 e. The van der Waals surface area contributed by atoms with Crippen LogP contribution in [0.1, 0.15) is 34.0 Å². The molecule has 2 aromatic rings. The third-order valence-corrected chi connectivity index (χ3v) is 3.86. The number of benzene rings is 1. The lowest BCUT2D eigenvalue weighted by Crippen LogP contribution is -2.06. The van der Waals surface area contributed by atoms with Gasteiger partial charge in [-0.25, -0.2) is 0 Å². The standard InChI is InChI=1S/C16H16OS/c1-2-7-14(13-8-4-3-5-9-13)12-15(17)16-10-6-11-18-16/h2-6,8-11,14H,1,7,12H2. The Kier molecular flexibility index (Phi) is 4.48. The summed E-state index contributed by atoms with van der Waals surface area (Å²) in [4.78, 5) is 13.0. The number of hydrogen-bond acceptors (Lipinski definition) is 2. The third kappa shape index (κ3) is 3.17. The first-order chi connectivity index (χ1) is 8.81. The minimum absolute atomic E-state index is 0.223. The monoisotopic (exact) mass is 256 g/mol. The van der Waals surface area contributed by atoms with Crippen molar-refractivity contribution in [3.8, 4) is 0 Å². The fourth-order valence-corrected chi connectivity index (χ4v) is 2.70. The average Bonchev–Trinajstić information content (AvgIpc) is 2.93. The second-order valence-electron chi connectivity index (χ2n) is 4.24. The van der Waals surface area contributed by atoms with Crippen LogP contribution >= 0.6 is 11.3 Å². The SMILES string of the molecule is C=CCC(CC(=O)c1cccs1)c1ccccc1. The Morgan fingerprint density at radius 1 is 1.22 bits per heavy atom. The van der Waals surface area contributed by atoms with Gasteiger partial charge in [-0.2, -0.15) is 0 Å². The molecule has 1 atom stereocenters. The van der Waals surface area contributed by atoms with Gasteiger partial charge in [0, 0.05) is 6.42 Å². The van der Waals surface area contributed by atoms with E-state index in [1.807, 2.05) is 41.8 Å². The Morgan fingerprint density at radius 2 is 2.00 bits per heavy atom. The number of thiophene rings is 1. The van der Waals surface area contributed by atoms with Crippen molar-refractivity contribution >= 4 is 17.1 Å². The van der Waals surface area contributed by atoms with Crippen molar-refractivity contribution in [2.24, 2.45) is 0 Å². The van der Waals surface area contributed by atoms with E-state index in [-0.39, 0.29) is 11.7 Å². The van der Waals surface area contributed by atoms with Gasteiger partial charge in [0.25, 0.3) is 0 Å². The molecule has 1 aromatic heterocycles. The van der Waals surface area contributed by atoms with E-state index < -0.39 is 0 Å². The summed E-state index contributed by atoms with van der Waals surface area (Å²) in [6.07, 6.45) is 3.27. The summed E-state index contributed by atoms with van der Waals surface area (Å²) < 4.78 is 0. The van der Waals surface area contributed by atoms with Crippen molar-refractivity contribution in [3.05, 3.63) is 70.9 Å². The van der Waals surface area contributed by atoms with Gasteiger partial charge in [0.15, 0.2) is 5.78 Å². The first-order valence-electron chi connectivity index (χ1n) is 6.04. The molecular weight excluding hydrogens is 240 g/mol. The van der Waals surface area contributed by atoms with Crippen LogP contribution in [0.4, 0.5) is 0 Å². The molecule has 1 heterocycles. The summed E-state index contributed by atoms with van der Waals surface area (Å²) in [5, 5.41) is 1.94. The zero-order chi connectivity index (χ0) is 12.8. The molecule has 0 saturated carbocycles. The van der Waals surface area contributed by atoms with E-state index >= 15 is 0 Å². The molecule has 1 unspecified atom stereocenters. The van der Waals surface area contributed by atoms with E-state index in [9.17, 15) is 4.79 Å². The summed E-state index contributed by atoms with van der Waals surface area (Å²) in [5.74, 6) is 0.457. The zero-order valence-electron chi connectivity index (χ0n) is 10.2. The molecule has 0 amide bonds. The van der Waals surface area contributed by atoms with E-state index in [0.29, 0.717) is 6.42 Å². The molecule has 1 aromatic carbocycles. The lowest BCUT2D eigenvalue weighted by atomic mass is 9.90. The van der Waals surface area contributed by atoms with Gasteiger partial charge in [0.05, 0.1) is 4.88 Å². The minimum atomic E-state index is 0.223. The number of rotatable bonds is 6. The van der Waals surface area contributed by atoms with Gasteiger partial charge in [-0.05, 0) is 29.3 Å². The van der Waals surface area contributed by atoms with Gasteiger partial charge >= 0.3 is 0 Å². The Bertz CT molecular complexity index is 499. The van der Waals surface area contributed by atoms with Crippen molar-refractivity contribution in [1.82, 2.24) is 0 Å². The van der Waals surface area contributed by atoms with E-state index in [2.05, 4.69) is 18.7 Å². The zero-order valence-corrected chi connectivity index (χ0v) is 11.0. The fraction of sp³-hybridized carbons (Fsp3) is 0.188. The number of Topliss-reactive ketones (excluding diaryl/α,β-unsaturated/α-hetero) is 1. The molecule has 0 aliphatic heterocycles. The van der Waals surface area contributed by atoms with Crippen molar-refractivity contribution in [2.45, 2.75) is 18.8 Å². The van der Waals surface area contributed by atoms with E-state index in [1.165, 1.54) is 16.9 Å². The molecular formula is C16H16OS. The highest BCUT2D eigenvalue weighted by atomic mass is 32.1. The summed E-state index contributed by atoms with van der Waals surface area (Å²) in [5.41, 5.74) is 1.21. The molecule has 2 rings (SSSR count). The lowest BCUT2D eigenvalue weighted by Gasteiger charge is -2.14. The highest BCUT2D eigenvalue weighted by Crippen LogP contribution is 2.26. The van der Waals surface area contributed by atoms with E-state index in [0.717, 1.165) is 11.3 Å². The molecule has 18 heavy (non-hydrogen) atoms. The molecule has 0 aliphatic rings. The van der Waals surface area contributed by atoms with Crippen molar-refractivity contribution in [1.29, 1.82) is 0 Å². The Labute approximate surface area is 112 Å². The molecule has 0 fully saturated rings. The maximum absolute atomic E-state index is 12.1. The fourth-order valence-electron chi connectivity index (χ4n) is 2.03. The van der Waals surface area contributed by atoms with Crippen LogP contribution in [0.5, 0.6) is 0 Å². The lowest BCUT2D eigenvalue weighted by molar-refractivity contribution is 0.0977. The van der Waals surface area contributed by atoms with Gasteiger partial charge in [0.1, 0.15) is 0 Å². The molecule has 0 aliphatic carbocycles. The topological polar surface area (TPSA) is 17.1 Å². The predicted molar refractivity (Wildman–Crippen MR) is 77.3 cm³/mol.